The van der Waals surface area contributed by atoms with E-state index in [1.807, 2.05) is 36.7 Å². The van der Waals surface area contributed by atoms with Gasteiger partial charge in [0, 0.05) is 16.9 Å². The SMILES string of the molecule is Cc1c(C(C)/N=c2\nc(C)n(C)c3ccc(Br)cc23)cccc1C(F)(F)F. The fraction of sp³-hybridized carbons (Fsp3) is 0.300. The van der Waals surface area contributed by atoms with Gasteiger partial charge in [0.15, 0.2) is 5.49 Å². The Hall–Kier alpha value is -2.15. The number of benzene rings is 2. The van der Waals surface area contributed by atoms with Crippen LogP contribution in [0.3, 0.4) is 0 Å². The standard InChI is InChI=1S/C20H19BrF3N3/c1-11-15(6-5-7-17(11)20(22,23)24)12(2)25-19-16-10-14(21)8-9-18(16)27(4)13(3)26-19/h5-10,12H,1-4H3/b25-19-. The fourth-order valence-electron chi connectivity index (χ4n) is 3.21. The van der Waals surface area contributed by atoms with Crippen molar-refractivity contribution >= 4 is 26.8 Å². The maximum absolute atomic E-state index is 13.2. The molecule has 1 unspecified atom stereocenters. The van der Waals surface area contributed by atoms with Crippen molar-refractivity contribution in [3.8, 4) is 0 Å². The Kier molecular flexibility index (Phi) is 5.16. The number of hydrogen-bond donors (Lipinski definition) is 0. The van der Waals surface area contributed by atoms with Crippen molar-refractivity contribution in [2.75, 3.05) is 0 Å². The average Bonchev–Trinajstić information content (AvgIpc) is 2.58. The normalized spacial score (nSPS) is 14.0. The molecule has 1 heterocycles. The number of rotatable bonds is 2. The predicted octanol–water partition coefficient (Wildman–Crippen LogP) is 5.63. The Labute approximate surface area is 163 Å². The largest absolute Gasteiger partial charge is 0.416 e. The molecule has 0 saturated heterocycles. The lowest BCUT2D eigenvalue weighted by Gasteiger charge is -2.16. The van der Waals surface area contributed by atoms with Crippen molar-refractivity contribution in [1.29, 1.82) is 0 Å². The van der Waals surface area contributed by atoms with E-state index in [0.29, 0.717) is 11.1 Å². The zero-order valence-electron chi connectivity index (χ0n) is 15.4. The van der Waals surface area contributed by atoms with Crippen molar-refractivity contribution < 1.29 is 13.2 Å². The van der Waals surface area contributed by atoms with Gasteiger partial charge in [0.1, 0.15) is 5.82 Å². The van der Waals surface area contributed by atoms with Gasteiger partial charge < -0.3 is 4.57 Å². The summed E-state index contributed by atoms with van der Waals surface area (Å²) in [6, 6.07) is 9.57. The van der Waals surface area contributed by atoms with E-state index in [2.05, 4.69) is 25.9 Å². The molecule has 0 saturated carbocycles. The summed E-state index contributed by atoms with van der Waals surface area (Å²) >= 11 is 3.46. The van der Waals surface area contributed by atoms with Gasteiger partial charge in [-0.25, -0.2) is 4.98 Å². The molecule has 0 bridgehead atoms. The van der Waals surface area contributed by atoms with Crippen molar-refractivity contribution in [3.63, 3.8) is 0 Å². The van der Waals surface area contributed by atoms with Crippen LogP contribution in [0.2, 0.25) is 0 Å². The molecular formula is C20H19BrF3N3. The zero-order chi connectivity index (χ0) is 19.9. The topological polar surface area (TPSA) is 30.2 Å². The molecule has 0 amide bonds. The second-order valence-corrected chi connectivity index (χ2v) is 7.44. The lowest BCUT2D eigenvalue weighted by molar-refractivity contribution is -0.138. The van der Waals surface area contributed by atoms with Crippen molar-refractivity contribution in [1.82, 2.24) is 9.55 Å². The highest BCUT2D eigenvalue weighted by molar-refractivity contribution is 9.10. The summed E-state index contributed by atoms with van der Waals surface area (Å²) < 4.78 is 42.5. The van der Waals surface area contributed by atoms with Crippen LogP contribution < -0.4 is 5.49 Å². The third-order valence-corrected chi connectivity index (χ3v) is 5.25. The van der Waals surface area contributed by atoms with Crippen LogP contribution in [0, 0.1) is 13.8 Å². The maximum Gasteiger partial charge on any atom is 0.416 e. The van der Waals surface area contributed by atoms with Gasteiger partial charge in [0.2, 0.25) is 0 Å². The van der Waals surface area contributed by atoms with Crippen LogP contribution in [0.15, 0.2) is 45.9 Å². The van der Waals surface area contributed by atoms with E-state index in [1.54, 1.807) is 13.0 Å². The van der Waals surface area contributed by atoms with Gasteiger partial charge in [-0.15, -0.1) is 0 Å². The smallest absolute Gasteiger partial charge is 0.332 e. The Morgan fingerprint density at radius 1 is 1.15 bits per heavy atom. The number of halogens is 4. The average molecular weight is 438 g/mol. The van der Waals surface area contributed by atoms with Gasteiger partial charge in [-0.1, -0.05) is 28.1 Å². The molecule has 3 rings (SSSR count). The maximum atomic E-state index is 13.2. The molecule has 3 aromatic rings. The molecule has 0 N–H and O–H groups in total. The second kappa shape index (κ2) is 7.11. The van der Waals surface area contributed by atoms with E-state index in [0.717, 1.165) is 27.3 Å². The zero-order valence-corrected chi connectivity index (χ0v) is 17.0. The molecule has 1 aromatic heterocycles. The molecule has 1 atom stereocenters. The first-order chi connectivity index (χ1) is 12.6. The summed E-state index contributed by atoms with van der Waals surface area (Å²) in [7, 11) is 1.92. The van der Waals surface area contributed by atoms with Gasteiger partial charge in [0.25, 0.3) is 0 Å². The van der Waals surface area contributed by atoms with E-state index in [4.69, 9.17) is 0 Å². The van der Waals surface area contributed by atoms with E-state index >= 15 is 0 Å². The highest BCUT2D eigenvalue weighted by Crippen LogP contribution is 2.35. The molecule has 142 valence electrons. The van der Waals surface area contributed by atoms with Gasteiger partial charge in [-0.05, 0) is 56.2 Å². The molecular weight excluding hydrogens is 419 g/mol. The third kappa shape index (κ3) is 3.78. The molecule has 0 spiro atoms. The minimum atomic E-state index is -4.38. The number of fused-ring (bicyclic) bond motifs is 1. The quantitative estimate of drug-likeness (QED) is 0.510. The summed E-state index contributed by atoms with van der Waals surface area (Å²) in [5.41, 5.74) is 1.59. The molecule has 0 aliphatic rings. The Balaban J connectivity index is 2.21. The molecule has 3 nitrogen and oxygen atoms in total. The predicted molar refractivity (Wildman–Crippen MR) is 103 cm³/mol. The second-order valence-electron chi connectivity index (χ2n) is 6.53. The number of aryl methyl sites for hydroxylation is 2. The van der Waals surface area contributed by atoms with Gasteiger partial charge in [-0.2, -0.15) is 13.2 Å². The molecule has 0 fully saturated rings. The molecule has 7 heteroatoms. The van der Waals surface area contributed by atoms with Crippen LogP contribution in [0.4, 0.5) is 13.2 Å². The van der Waals surface area contributed by atoms with Crippen LogP contribution in [0.1, 0.15) is 35.5 Å². The summed E-state index contributed by atoms with van der Waals surface area (Å²) in [5.74, 6) is 0.775. The monoisotopic (exact) mass is 437 g/mol. The summed E-state index contributed by atoms with van der Waals surface area (Å²) in [6.45, 7) is 5.15. The lowest BCUT2D eigenvalue weighted by atomic mass is 9.97. The first kappa shape index (κ1) is 19.6. The van der Waals surface area contributed by atoms with Gasteiger partial charge in [0.05, 0.1) is 17.1 Å². The minimum absolute atomic E-state index is 0.199. The number of nitrogens with zero attached hydrogens (tertiary/aromatic N) is 3. The summed E-state index contributed by atoms with van der Waals surface area (Å²) in [4.78, 5) is 9.23. The van der Waals surface area contributed by atoms with Crippen molar-refractivity contribution in [2.45, 2.75) is 33.0 Å². The minimum Gasteiger partial charge on any atom is -0.332 e. The summed E-state index contributed by atoms with van der Waals surface area (Å²) in [5, 5.41) is 0.842. The van der Waals surface area contributed by atoms with E-state index in [9.17, 15) is 13.2 Å². The molecule has 0 radical (unpaired) electrons. The number of alkyl halides is 3. The Morgan fingerprint density at radius 3 is 2.52 bits per heavy atom. The van der Waals surface area contributed by atoms with Crippen LogP contribution >= 0.6 is 15.9 Å². The van der Waals surface area contributed by atoms with Crippen molar-refractivity contribution in [2.24, 2.45) is 12.0 Å². The van der Waals surface area contributed by atoms with Crippen LogP contribution in [0.5, 0.6) is 0 Å². The fourth-order valence-corrected chi connectivity index (χ4v) is 3.57. The number of aromatic nitrogens is 2. The highest BCUT2D eigenvalue weighted by atomic mass is 79.9. The molecule has 27 heavy (non-hydrogen) atoms. The molecule has 0 aliphatic carbocycles. The van der Waals surface area contributed by atoms with E-state index < -0.39 is 17.8 Å². The Morgan fingerprint density at radius 2 is 1.85 bits per heavy atom. The van der Waals surface area contributed by atoms with Gasteiger partial charge in [-0.3, -0.25) is 4.99 Å². The van der Waals surface area contributed by atoms with E-state index in [1.165, 1.54) is 13.0 Å². The first-order valence-corrected chi connectivity index (χ1v) is 9.22. The highest BCUT2D eigenvalue weighted by Gasteiger charge is 2.33. The third-order valence-electron chi connectivity index (χ3n) is 4.76. The lowest BCUT2D eigenvalue weighted by Crippen LogP contribution is -2.18. The van der Waals surface area contributed by atoms with E-state index in [-0.39, 0.29) is 5.56 Å². The van der Waals surface area contributed by atoms with Gasteiger partial charge >= 0.3 is 6.18 Å². The summed E-state index contributed by atoms with van der Waals surface area (Å²) in [6.07, 6.45) is -4.38. The Bertz CT molecular complexity index is 1080. The van der Waals surface area contributed by atoms with Crippen LogP contribution in [-0.2, 0) is 13.2 Å². The van der Waals surface area contributed by atoms with Crippen LogP contribution in [0.25, 0.3) is 10.9 Å². The molecule has 2 aromatic carbocycles. The first-order valence-electron chi connectivity index (χ1n) is 8.43. The van der Waals surface area contributed by atoms with Crippen molar-refractivity contribution in [3.05, 3.63) is 68.9 Å². The number of hydrogen-bond acceptors (Lipinski definition) is 2. The van der Waals surface area contributed by atoms with Crippen LogP contribution in [-0.4, -0.2) is 9.55 Å². The molecule has 0 aliphatic heterocycles.